The maximum absolute atomic E-state index is 13.1. The number of para-hydroxylation sites is 1. The van der Waals surface area contributed by atoms with E-state index in [4.69, 9.17) is 16.0 Å². The number of nitrogens with one attached hydrogen (secondary N) is 1. The average Bonchev–Trinajstić information content (AvgIpc) is 3.37. The van der Waals surface area contributed by atoms with Crippen LogP contribution in [0.3, 0.4) is 0 Å². The van der Waals surface area contributed by atoms with E-state index in [1.165, 1.54) is 17.5 Å². The topological polar surface area (TPSA) is 42.2 Å². The maximum atomic E-state index is 13.1. The van der Waals surface area contributed by atoms with Crippen LogP contribution in [-0.4, -0.2) is 5.91 Å². The van der Waals surface area contributed by atoms with Gasteiger partial charge >= 0.3 is 0 Å². The molecule has 1 aliphatic carbocycles. The van der Waals surface area contributed by atoms with Gasteiger partial charge in [0.25, 0.3) is 5.91 Å². The van der Waals surface area contributed by atoms with Gasteiger partial charge in [0.1, 0.15) is 5.58 Å². The molecule has 0 bridgehead atoms. The van der Waals surface area contributed by atoms with Crippen LogP contribution in [0, 0.1) is 0 Å². The summed E-state index contributed by atoms with van der Waals surface area (Å²) in [5, 5.41) is 4.72. The molecule has 5 rings (SSSR count). The Morgan fingerprint density at radius 2 is 1.80 bits per heavy atom. The molecule has 0 spiro atoms. The van der Waals surface area contributed by atoms with E-state index in [0.717, 1.165) is 40.0 Å². The minimum Gasteiger partial charge on any atom is -0.451 e. The zero-order chi connectivity index (χ0) is 20.5. The first-order valence-electron chi connectivity index (χ1n) is 9.99. The number of amides is 1. The summed E-state index contributed by atoms with van der Waals surface area (Å²) in [4.78, 5) is 14.2. The summed E-state index contributed by atoms with van der Waals surface area (Å²) >= 11 is 7.65. The Bertz CT molecular complexity index is 1230. The molecule has 0 radical (unpaired) electrons. The molecule has 0 fully saturated rings. The average molecular weight is 434 g/mol. The van der Waals surface area contributed by atoms with Gasteiger partial charge in [-0.15, -0.1) is 11.8 Å². The molecule has 0 aliphatic heterocycles. The Labute approximate surface area is 184 Å². The molecule has 3 aromatic carbocycles. The van der Waals surface area contributed by atoms with E-state index >= 15 is 0 Å². The van der Waals surface area contributed by atoms with Crippen LogP contribution >= 0.6 is 23.4 Å². The number of hydrogen-bond acceptors (Lipinski definition) is 3. The lowest BCUT2D eigenvalue weighted by Gasteiger charge is -2.08. The van der Waals surface area contributed by atoms with Crippen LogP contribution in [-0.2, 0) is 18.6 Å². The van der Waals surface area contributed by atoms with Gasteiger partial charge < -0.3 is 9.73 Å². The SMILES string of the molecule is O=C(Nc1ccc2c(c1)CCC2)c1oc2ccccc2c1CSc1ccc(Cl)cc1. The summed E-state index contributed by atoms with van der Waals surface area (Å²) in [6.45, 7) is 0. The summed E-state index contributed by atoms with van der Waals surface area (Å²) in [6.07, 6.45) is 3.38. The van der Waals surface area contributed by atoms with Crippen LogP contribution in [0.25, 0.3) is 11.0 Å². The van der Waals surface area contributed by atoms with E-state index in [9.17, 15) is 4.79 Å². The van der Waals surface area contributed by atoms with E-state index in [1.807, 2.05) is 54.6 Å². The van der Waals surface area contributed by atoms with Crippen molar-refractivity contribution in [1.82, 2.24) is 0 Å². The number of aryl methyl sites for hydroxylation is 2. The quantitative estimate of drug-likeness (QED) is 0.340. The molecule has 150 valence electrons. The number of hydrogen-bond donors (Lipinski definition) is 1. The lowest BCUT2D eigenvalue weighted by Crippen LogP contribution is -2.13. The number of benzene rings is 3. The van der Waals surface area contributed by atoms with Gasteiger partial charge in [0.2, 0.25) is 0 Å². The minimum atomic E-state index is -0.212. The molecule has 1 heterocycles. The summed E-state index contributed by atoms with van der Waals surface area (Å²) in [5.41, 5.74) is 5.16. The third-order valence-electron chi connectivity index (χ3n) is 5.46. The predicted octanol–water partition coefficient (Wildman–Crippen LogP) is 7.12. The number of fused-ring (bicyclic) bond motifs is 2. The van der Waals surface area contributed by atoms with E-state index in [0.29, 0.717) is 16.5 Å². The number of carbonyl (C=O) groups is 1. The highest BCUT2D eigenvalue weighted by Crippen LogP contribution is 2.33. The maximum Gasteiger partial charge on any atom is 0.291 e. The van der Waals surface area contributed by atoms with E-state index in [-0.39, 0.29) is 5.91 Å². The van der Waals surface area contributed by atoms with Crippen molar-refractivity contribution >= 4 is 45.9 Å². The standard InChI is InChI=1S/C25H20ClNO2S/c26-18-9-12-20(13-10-18)30-15-22-21-6-1-2-7-23(21)29-24(22)25(28)27-19-11-8-16-4-3-5-17(16)14-19/h1-2,6-14H,3-5,15H2,(H,27,28). The zero-order valence-corrected chi connectivity index (χ0v) is 17.9. The highest BCUT2D eigenvalue weighted by molar-refractivity contribution is 7.98. The number of furan rings is 1. The van der Waals surface area contributed by atoms with Gasteiger partial charge in [-0.2, -0.15) is 0 Å². The fourth-order valence-electron chi connectivity index (χ4n) is 3.95. The first-order chi connectivity index (χ1) is 14.7. The Morgan fingerprint density at radius 3 is 2.67 bits per heavy atom. The van der Waals surface area contributed by atoms with Gasteiger partial charge in [-0.25, -0.2) is 0 Å². The molecule has 30 heavy (non-hydrogen) atoms. The van der Waals surface area contributed by atoms with Crippen molar-refractivity contribution in [3.05, 3.63) is 94.2 Å². The minimum absolute atomic E-state index is 0.212. The van der Waals surface area contributed by atoms with Crippen molar-refractivity contribution < 1.29 is 9.21 Å². The second kappa shape index (κ2) is 8.21. The van der Waals surface area contributed by atoms with Crippen LogP contribution in [0.2, 0.25) is 5.02 Å². The first kappa shape index (κ1) is 19.3. The number of rotatable bonds is 5. The molecule has 5 heteroatoms. The monoisotopic (exact) mass is 433 g/mol. The molecule has 1 aromatic heterocycles. The van der Waals surface area contributed by atoms with Crippen molar-refractivity contribution in [2.24, 2.45) is 0 Å². The number of thioether (sulfide) groups is 1. The molecule has 0 saturated carbocycles. The van der Waals surface area contributed by atoms with Crippen LogP contribution in [0.1, 0.15) is 33.7 Å². The van der Waals surface area contributed by atoms with Crippen molar-refractivity contribution in [1.29, 1.82) is 0 Å². The third-order valence-corrected chi connectivity index (χ3v) is 6.75. The van der Waals surface area contributed by atoms with Crippen molar-refractivity contribution in [2.75, 3.05) is 5.32 Å². The second-order valence-corrected chi connectivity index (χ2v) is 8.92. The van der Waals surface area contributed by atoms with Crippen molar-refractivity contribution in [3.63, 3.8) is 0 Å². The van der Waals surface area contributed by atoms with Crippen LogP contribution in [0.4, 0.5) is 5.69 Å². The zero-order valence-electron chi connectivity index (χ0n) is 16.3. The number of anilines is 1. The summed E-state index contributed by atoms with van der Waals surface area (Å²) in [7, 11) is 0. The fraction of sp³-hybridized carbons (Fsp3) is 0.160. The second-order valence-electron chi connectivity index (χ2n) is 7.44. The summed E-state index contributed by atoms with van der Waals surface area (Å²) < 4.78 is 5.99. The van der Waals surface area contributed by atoms with Gasteiger partial charge in [0, 0.05) is 32.3 Å². The Kier molecular flexibility index (Phi) is 5.28. The Hall–Kier alpha value is -2.69. The fourth-order valence-corrected chi connectivity index (χ4v) is 5.00. The Morgan fingerprint density at radius 1 is 1.00 bits per heavy atom. The third kappa shape index (κ3) is 3.85. The molecule has 1 amide bonds. The largest absolute Gasteiger partial charge is 0.451 e. The van der Waals surface area contributed by atoms with Gasteiger partial charge in [-0.1, -0.05) is 35.9 Å². The summed E-state index contributed by atoms with van der Waals surface area (Å²) in [6, 6.07) is 21.7. The molecule has 0 saturated heterocycles. The van der Waals surface area contributed by atoms with Crippen LogP contribution < -0.4 is 5.32 Å². The highest BCUT2D eigenvalue weighted by Gasteiger charge is 2.21. The molecule has 0 atom stereocenters. The van der Waals surface area contributed by atoms with Crippen LogP contribution in [0.5, 0.6) is 0 Å². The molecule has 1 N–H and O–H groups in total. The molecule has 0 unspecified atom stereocenters. The van der Waals surface area contributed by atoms with Crippen molar-refractivity contribution in [2.45, 2.75) is 29.9 Å². The van der Waals surface area contributed by atoms with Crippen molar-refractivity contribution in [3.8, 4) is 0 Å². The Balaban J connectivity index is 1.43. The number of halogens is 1. The predicted molar refractivity (Wildman–Crippen MR) is 124 cm³/mol. The lowest BCUT2D eigenvalue weighted by molar-refractivity contribution is 0.0998. The lowest BCUT2D eigenvalue weighted by atomic mass is 10.1. The first-order valence-corrected chi connectivity index (χ1v) is 11.4. The van der Waals surface area contributed by atoms with Gasteiger partial charge in [0.05, 0.1) is 0 Å². The van der Waals surface area contributed by atoms with E-state index in [2.05, 4.69) is 17.4 Å². The van der Waals surface area contributed by atoms with Gasteiger partial charge in [-0.05, 0) is 72.9 Å². The molecule has 3 nitrogen and oxygen atoms in total. The van der Waals surface area contributed by atoms with E-state index in [1.54, 1.807) is 11.8 Å². The van der Waals surface area contributed by atoms with Gasteiger partial charge in [-0.3, -0.25) is 4.79 Å². The smallest absolute Gasteiger partial charge is 0.291 e. The highest BCUT2D eigenvalue weighted by atomic mass is 35.5. The number of carbonyl (C=O) groups excluding carboxylic acids is 1. The van der Waals surface area contributed by atoms with Crippen LogP contribution in [0.15, 0.2) is 76.0 Å². The normalized spacial score (nSPS) is 12.8. The molecule has 1 aliphatic rings. The molecular formula is C25H20ClNO2S. The molecule has 4 aromatic rings. The van der Waals surface area contributed by atoms with Gasteiger partial charge in [0.15, 0.2) is 5.76 Å². The van der Waals surface area contributed by atoms with E-state index < -0.39 is 0 Å². The summed E-state index contributed by atoms with van der Waals surface area (Å²) in [5.74, 6) is 0.792. The molecular weight excluding hydrogens is 414 g/mol.